The summed E-state index contributed by atoms with van der Waals surface area (Å²) < 4.78 is 13.0. The normalized spacial score (nSPS) is 15.9. The number of nitrogen functional groups attached to an aromatic ring is 1. The van der Waals surface area contributed by atoms with Crippen LogP contribution >= 0.6 is 0 Å². The fourth-order valence-electron chi connectivity index (χ4n) is 3.81. The average Bonchev–Trinajstić information content (AvgIpc) is 3.33. The third kappa shape index (κ3) is 3.65. The van der Waals surface area contributed by atoms with E-state index in [1.807, 2.05) is 0 Å². The summed E-state index contributed by atoms with van der Waals surface area (Å²) >= 11 is 0. The van der Waals surface area contributed by atoms with Gasteiger partial charge in [-0.2, -0.15) is 9.97 Å². The lowest BCUT2D eigenvalue weighted by molar-refractivity contribution is -0.137. The average molecular weight is 449 g/mol. The van der Waals surface area contributed by atoms with Crippen LogP contribution in [0.5, 0.6) is 6.01 Å². The van der Waals surface area contributed by atoms with Crippen molar-refractivity contribution in [2.75, 3.05) is 18.8 Å². The summed E-state index contributed by atoms with van der Waals surface area (Å²) in [5.74, 6) is 1.18. The van der Waals surface area contributed by atoms with Crippen molar-refractivity contribution in [3.63, 3.8) is 0 Å². The minimum absolute atomic E-state index is 0.00175. The Morgan fingerprint density at radius 3 is 2.73 bits per heavy atom. The molecule has 1 aliphatic rings. The Labute approximate surface area is 188 Å². The predicted octanol–water partition coefficient (Wildman–Crippen LogP) is 1.56. The van der Waals surface area contributed by atoms with Crippen LogP contribution in [-0.2, 0) is 10.4 Å². The molecule has 170 valence electrons. The molecule has 1 amide bonds. The van der Waals surface area contributed by atoms with E-state index in [0.29, 0.717) is 53.0 Å². The SMILES string of the molecule is CC(=O)N1CC(Oc2nc3ccc(C(C)(O)c4cc(C)on4)cc3n2-c2ccnc(N)n2)C1. The van der Waals surface area contributed by atoms with E-state index < -0.39 is 5.60 Å². The maximum Gasteiger partial charge on any atom is 0.303 e. The van der Waals surface area contributed by atoms with Gasteiger partial charge in [0.25, 0.3) is 0 Å². The van der Waals surface area contributed by atoms with Crippen LogP contribution < -0.4 is 10.5 Å². The first-order chi connectivity index (χ1) is 15.7. The number of nitrogens with zero attached hydrogens (tertiary/aromatic N) is 6. The molecule has 0 saturated carbocycles. The number of fused-ring (bicyclic) bond motifs is 1. The highest BCUT2D eigenvalue weighted by molar-refractivity contribution is 5.80. The molecule has 1 fully saturated rings. The zero-order chi connectivity index (χ0) is 23.3. The van der Waals surface area contributed by atoms with Gasteiger partial charge in [0.15, 0.2) is 0 Å². The molecule has 1 unspecified atom stereocenters. The Bertz CT molecular complexity index is 1350. The van der Waals surface area contributed by atoms with Crippen LogP contribution in [0, 0.1) is 6.92 Å². The predicted molar refractivity (Wildman–Crippen MR) is 118 cm³/mol. The lowest BCUT2D eigenvalue weighted by atomic mass is 9.92. The number of carbonyl (C=O) groups excluding carboxylic acids is 1. The number of aliphatic hydroxyl groups is 1. The number of anilines is 1. The molecule has 0 radical (unpaired) electrons. The van der Waals surface area contributed by atoms with E-state index in [4.69, 9.17) is 15.0 Å². The second-order valence-electron chi connectivity index (χ2n) is 8.27. The van der Waals surface area contributed by atoms with Gasteiger partial charge in [0.1, 0.15) is 29.0 Å². The van der Waals surface area contributed by atoms with Gasteiger partial charge in [-0.15, -0.1) is 0 Å². The Morgan fingerprint density at radius 2 is 2.06 bits per heavy atom. The van der Waals surface area contributed by atoms with Crippen LogP contribution in [0.25, 0.3) is 16.9 Å². The minimum Gasteiger partial charge on any atom is -0.457 e. The summed E-state index contributed by atoms with van der Waals surface area (Å²) in [6, 6.07) is 9.08. The van der Waals surface area contributed by atoms with E-state index in [1.54, 1.807) is 59.8 Å². The van der Waals surface area contributed by atoms with Crippen molar-refractivity contribution in [3.8, 4) is 11.8 Å². The smallest absolute Gasteiger partial charge is 0.303 e. The van der Waals surface area contributed by atoms with Crippen molar-refractivity contribution in [2.24, 2.45) is 0 Å². The second-order valence-corrected chi connectivity index (χ2v) is 8.27. The van der Waals surface area contributed by atoms with E-state index in [1.165, 1.54) is 6.92 Å². The van der Waals surface area contributed by atoms with Crippen LogP contribution in [0.2, 0.25) is 0 Å². The molecule has 4 aromatic rings. The first-order valence-electron chi connectivity index (χ1n) is 10.4. The molecule has 0 bridgehead atoms. The van der Waals surface area contributed by atoms with Gasteiger partial charge < -0.3 is 25.0 Å². The monoisotopic (exact) mass is 449 g/mol. The number of imidazole rings is 1. The largest absolute Gasteiger partial charge is 0.457 e. The van der Waals surface area contributed by atoms with E-state index in [-0.39, 0.29) is 18.0 Å². The summed E-state index contributed by atoms with van der Waals surface area (Å²) in [5.41, 5.74) is 6.71. The van der Waals surface area contributed by atoms with Gasteiger partial charge in [0, 0.05) is 25.3 Å². The van der Waals surface area contributed by atoms with Crippen molar-refractivity contribution < 1.29 is 19.2 Å². The van der Waals surface area contributed by atoms with Crippen LogP contribution in [0.4, 0.5) is 5.95 Å². The molecule has 0 spiro atoms. The topological polar surface area (TPSA) is 145 Å². The number of amides is 1. The number of ether oxygens (including phenoxy) is 1. The molecule has 11 heteroatoms. The lowest BCUT2D eigenvalue weighted by Gasteiger charge is -2.37. The van der Waals surface area contributed by atoms with Crippen molar-refractivity contribution in [1.82, 2.24) is 29.6 Å². The third-order valence-electron chi connectivity index (χ3n) is 5.77. The van der Waals surface area contributed by atoms with Crippen molar-refractivity contribution >= 4 is 22.9 Å². The van der Waals surface area contributed by atoms with E-state index in [2.05, 4.69) is 20.1 Å². The molecule has 0 aliphatic carbocycles. The minimum atomic E-state index is -1.40. The van der Waals surface area contributed by atoms with Gasteiger partial charge in [0.05, 0.1) is 24.1 Å². The number of aryl methyl sites for hydroxylation is 1. The Hall–Kier alpha value is -3.99. The first kappa shape index (κ1) is 20.9. The fourth-order valence-corrected chi connectivity index (χ4v) is 3.81. The number of rotatable bonds is 5. The molecular formula is C22H23N7O4. The molecule has 1 atom stereocenters. The fraction of sp³-hybridized carbons (Fsp3) is 0.318. The number of likely N-dealkylation sites (tertiary alicyclic amines) is 1. The molecule has 1 aromatic carbocycles. The third-order valence-corrected chi connectivity index (χ3v) is 5.77. The van der Waals surface area contributed by atoms with Gasteiger partial charge in [-0.05, 0) is 31.5 Å². The van der Waals surface area contributed by atoms with Gasteiger partial charge >= 0.3 is 6.01 Å². The van der Waals surface area contributed by atoms with Crippen molar-refractivity contribution in [1.29, 1.82) is 0 Å². The van der Waals surface area contributed by atoms with Crippen LogP contribution in [0.3, 0.4) is 0 Å². The second kappa shape index (κ2) is 7.55. The van der Waals surface area contributed by atoms with E-state index in [0.717, 1.165) is 0 Å². The van der Waals surface area contributed by atoms with Gasteiger partial charge in [-0.3, -0.25) is 4.79 Å². The van der Waals surface area contributed by atoms with Crippen molar-refractivity contribution in [3.05, 3.63) is 53.5 Å². The number of hydrogen-bond donors (Lipinski definition) is 2. The first-order valence-corrected chi connectivity index (χ1v) is 10.4. The zero-order valence-electron chi connectivity index (χ0n) is 18.4. The summed E-state index contributed by atoms with van der Waals surface area (Å²) in [7, 11) is 0. The number of carbonyl (C=O) groups is 1. The highest BCUT2D eigenvalue weighted by Crippen LogP contribution is 2.34. The van der Waals surface area contributed by atoms with Crippen LogP contribution in [-0.4, -0.2) is 59.8 Å². The van der Waals surface area contributed by atoms with E-state index >= 15 is 0 Å². The number of aromatic nitrogens is 5. The number of benzene rings is 1. The van der Waals surface area contributed by atoms with Crippen LogP contribution in [0.1, 0.15) is 30.9 Å². The molecule has 5 rings (SSSR count). The molecule has 1 aliphatic heterocycles. The standard InChI is InChI=1S/C22H23N7O4/c1-12-8-18(27-33-12)22(3,31)14-4-5-16-17(9-14)29(19-6-7-24-20(23)26-19)21(25-16)32-15-10-28(11-15)13(2)30/h4-9,15,31H,10-11H2,1-3H3,(H2,23,24,26). The highest BCUT2D eigenvalue weighted by Gasteiger charge is 2.33. The molecule has 11 nitrogen and oxygen atoms in total. The molecular weight excluding hydrogens is 426 g/mol. The quantitative estimate of drug-likeness (QED) is 0.463. The number of hydrogen-bond acceptors (Lipinski definition) is 9. The molecule has 33 heavy (non-hydrogen) atoms. The van der Waals surface area contributed by atoms with E-state index in [9.17, 15) is 9.90 Å². The summed E-state index contributed by atoms with van der Waals surface area (Å²) in [4.78, 5) is 26.1. The molecule has 1 saturated heterocycles. The molecule has 3 aromatic heterocycles. The Morgan fingerprint density at radius 1 is 1.27 bits per heavy atom. The van der Waals surface area contributed by atoms with Gasteiger partial charge in [0.2, 0.25) is 11.9 Å². The van der Waals surface area contributed by atoms with Crippen molar-refractivity contribution in [2.45, 2.75) is 32.5 Å². The van der Waals surface area contributed by atoms with Gasteiger partial charge in [-0.25, -0.2) is 9.55 Å². The molecule has 4 heterocycles. The van der Waals surface area contributed by atoms with Crippen LogP contribution in [0.15, 0.2) is 41.1 Å². The zero-order valence-corrected chi connectivity index (χ0v) is 18.4. The maximum absolute atomic E-state index is 11.5. The molecule has 3 N–H and O–H groups in total. The maximum atomic E-state index is 11.5. The van der Waals surface area contributed by atoms with Gasteiger partial charge in [-0.1, -0.05) is 11.2 Å². The summed E-state index contributed by atoms with van der Waals surface area (Å²) in [6.45, 7) is 5.91. The summed E-state index contributed by atoms with van der Waals surface area (Å²) in [6.07, 6.45) is 1.36. The summed E-state index contributed by atoms with van der Waals surface area (Å²) in [5, 5.41) is 15.2. The lowest BCUT2D eigenvalue weighted by Crippen LogP contribution is -2.55. The Kier molecular flexibility index (Phi) is 4.78. The number of nitrogens with two attached hydrogens (primary N) is 1. The highest BCUT2D eigenvalue weighted by atomic mass is 16.5. The Balaban J connectivity index is 1.60.